The summed E-state index contributed by atoms with van der Waals surface area (Å²) in [6.45, 7) is 0. The molecule has 0 saturated heterocycles. The fraction of sp³-hybridized carbons (Fsp3) is 0. The fourth-order valence-corrected chi connectivity index (χ4v) is 6.62. The van der Waals surface area contributed by atoms with Gasteiger partial charge in [0.2, 0.25) is 0 Å². The molecule has 0 unspecified atom stereocenters. The number of nitrogens with zero attached hydrogens (tertiary/aromatic N) is 3. The lowest BCUT2D eigenvalue weighted by molar-refractivity contribution is 1.29. The summed E-state index contributed by atoms with van der Waals surface area (Å²) >= 11 is 0. The van der Waals surface area contributed by atoms with E-state index in [1.807, 2.05) is 36.5 Å². The van der Waals surface area contributed by atoms with Crippen molar-refractivity contribution in [3.05, 3.63) is 176 Å². The number of para-hydroxylation sites is 2. The van der Waals surface area contributed by atoms with Crippen molar-refractivity contribution in [1.29, 1.82) is 0 Å². The van der Waals surface area contributed by atoms with Crippen LogP contribution < -0.4 is 0 Å². The summed E-state index contributed by atoms with van der Waals surface area (Å²) in [7, 11) is 0. The van der Waals surface area contributed by atoms with E-state index in [1.165, 1.54) is 21.9 Å². The molecule has 9 rings (SSSR count). The van der Waals surface area contributed by atoms with Crippen LogP contribution in [0.5, 0.6) is 0 Å². The van der Waals surface area contributed by atoms with Crippen molar-refractivity contribution in [2.24, 2.45) is 0 Å². The molecule has 3 nitrogen and oxygen atoms in total. The van der Waals surface area contributed by atoms with E-state index in [0.29, 0.717) is 0 Å². The van der Waals surface area contributed by atoms with Gasteiger partial charge in [-0.15, -0.1) is 0 Å². The molecule has 0 amide bonds. The van der Waals surface area contributed by atoms with E-state index in [0.717, 1.165) is 66.7 Å². The Hall–Kier alpha value is -6.45. The Morgan fingerprint density at radius 2 is 0.792 bits per heavy atom. The smallest absolute Gasteiger partial charge is 0.0973 e. The maximum atomic E-state index is 5.18. The van der Waals surface area contributed by atoms with E-state index < -0.39 is 0 Å². The van der Waals surface area contributed by atoms with Gasteiger partial charge in [0.05, 0.1) is 27.9 Å². The molecule has 2 aromatic heterocycles. The minimum atomic E-state index is 0.868. The standard InChI is InChI=1S/C45H29N3/c1-2-10-30(11-3-1)31-20-22-32(23-21-31)44-45(48-42-19-7-6-18-41(42)47-44)37-16-9-15-35(27-37)33-13-8-14-34(26-33)36-24-25-40-39-17-5-4-12-38(39)29-46-43(40)28-36/h1-29H. The average Bonchev–Trinajstić information content (AvgIpc) is 3.17. The zero-order valence-corrected chi connectivity index (χ0v) is 26.1. The number of hydrogen-bond acceptors (Lipinski definition) is 3. The third-order valence-electron chi connectivity index (χ3n) is 9.09. The first-order valence-electron chi connectivity index (χ1n) is 16.2. The van der Waals surface area contributed by atoms with Gasteiger partial charge in [-0.05, 0) is 69.1 Å². The number of pyridine rings is 1. The van der Waals surface area contributed by atoms with Gasteiger partial charge in [-0.1, -0.05) is 140 Å². The maximum Gasteiger partial charge on any atom is 0.0973 e. The van der Waals surface area contributed by atoms with Gasteiger partial charge in [-0.2, -0.15) is 0 Å². The van der Waals surface area contributed by atoms with Crippen LogP contribution in [0.2, 0.25) is 0 Å². The lowest BCUT2D eigenvalue weighted by Gasteiger charge is -2.13. The van der Waals surface area contributed by atoms with Crippen molar-refractivity contribution in [3.8, 4) is 55.9 Å². The Kier molecular flexibility index (Phi) is 6.80. The average molecular weight is 612 g/mol. The largest absolute Gasteiger partial charge is 0.256 e. The summed E-state index contributed by atoms with van der Waals surface area (Å²) in [6, 6.07) is 59.5. The highest BCUT2D eigenvalue weighted by Crippen LogP contribution is 2.36. The first-order valence-corrected chi connectivity index (χ1v) is 16.2. The molecule has 3 heteroatoms. The molecule has 0 aliphatic carbocycles. The molecule has 0 radical (unpaired) electrons. The molecule has 0 N–H and O–H groups in total. The van der Waals surface area contributed by atoms with Gasteiger partial charge in [-0.3, -0.25) is 4.98 Å². The summed E-state index contributed by atoms with van der Waals surface area (Å²) < 4.78 is 0. The number of rotatable bonds is 5. The summed E-state index contributed by atoms with van der Waals surface area (Å²) in [5.74, 6) is 0. The van der Waals surface area contributed by atoms with Crippen molar-refractivity contribution in [2.75, 3.05) is 0 Å². The number of fused-ring (bicyclic) bond motifs is 4. The van der Waals surface area contributed by atoms with Gasteiger partial charge in [-0.25, -0.2) is 9.97 Å². The molecular weight excluding hydrogens is 583 g/mol. The predicted molar refractivity (Wildman–Crippen MR) is 200 cm³/mol. The molecule has 9 aromatic rings. The van der Waals surface area contributed by atoms with Crippen molar-refractivity contribution in [3.63, 3.8) is 0 Å². The van der Waals surface area contributed by atoms with Crippen LogP contribution in [0.25, 0.3) is 88.6 Å². The van der Waals surface area contributed by atoms with Crippen LogP contribution in [-0.4, -0.2) is 15.0 Å². The highest BCUT2D eigenvalue weighted by molar-refractivity contribution is 6.06. The Balaban J connectivity index is 1.11. The summed E-state index contributed by atoms with van der Waals surface area (Å²) in [4.78, 5) is 15.1. The second kappa shape index (κ2) is 11.7. The molecule has 48 heavy (non-hydrogen) atoms. The van der Waals surface area contributed by atoms with Crippen LogP contribution in [0, 0.1) is 0 Å². The van der Waals surface area contributed by atoms with Gasteiger partial charge < -0.3 is 0 Å². The second-order valence-electron chi connectivity index (χ2n) is 12.1. The number of aromatic nitrogens is 3. The molecule has 7 aromatic carbocycles. The molecule has 0 aliphatic rings. The Morgan fingerprint density at radius 1 is 0.292 bits per heavy atom. The van der Waals surface area contributed by atoms with Gasteiger partial charge in [0, 0.05) is 28.1 Å². The molecule has 0 fully saturated rings. The normalized spacial score (nSPS) is 11.3. The monoisotopic (exact) mass is 611 g/mol. The molecule has 0 spiro atoms. The summed E-state index contributed by atoms with van der Waals surface area (Å²) in [5, 5.41) is 3.55. The predicted octanol–water partition coefficient (Wildman–Crippen LogP) is 11.7. The Bertz CT molecular complexity index is 2610. The first kappa shape index (κ1) is 27.8. The van der Waals surface area contributed by atoms with Gasteiger partial charge in [0.1, 0.15) is 0 Å². The number of benzene rings is 7. The zero-order chi connectivity index (χ0) is 31.9. The molecule has 0 bridgehead atoms. The highest BCUT2D eigenvalue weighted by atomic mass is 14.8. The number of hydrogen-bond donors (Lipinski definition) is 0. The zero-order valence-electron chi connectivity index (χ0n) is 26.1. The van der Waals surface area contributed by atoms with E-state index in [9.17, 15) is 0 Å². The SMILES string of the molecule is c1ccc(-c2ccc(-c3nc4ccccc4nc3-c3cccc(-c4cccc(-c5ccc6c(c5)ncc5ccccc56)c4)c3)cc2)cc1. The first-order chi connectivity index (χ1) is 23.8. The van der Waals surface area contributed by atoms with Crippen LogP contribution in [0.3, 0.4) is 0 Å². The molecule has 224 valence electrons. The Labute approximate surface area is 278 Å². The van der Waals surface area contributed by atoms with Crippen LogP contribution >= 0.6 is 0 Å². The van der Waals surface area contributed by atoms with Crippen molar-refractivity contribution >= 4 is 32.7 Å². The lowest BCUT2D eigenvalue weighted by atomic mass is 9.95. The van der Waals surface area contributed by atoms with Crippen molar-refractivity contribution in [1.82, 2.24) is 15.0 Å². The van der Waals surface area contributed by atoms with Gasteiger partial charge >= 0.3 is 0 Å². The second-order valence-corrected chi connectivity index (χ2v) is 12.1. The summed E-state index contributed by atoms with van der Waals surface area (Å²) in [6.07, 6.45) is 1.96. The van der Waals surface area contributed by atoms with Crippen LogP contribution in [0.4, 0.5) is 0 Å². The molecular formula is C45H29N3. The van der Waals surface area contributed by atoms with E-state index >= 15 is 0 Å². The van der Waals surface area contributed by atoms with Crippen LogP contribution in [-0.2, 0) is 0 Å². The van der Waals surface area contributed by atoms with Crippen molar-refractivity contribution in [2.45, 2.75) is 0 Å². The van der Waals surface area contributed by atoms with Gasteiger partial charge in [0.15, 0.2) is 0 Å². The highest BCUT2D eigenvalue weighted by Gasteiger charge is 2.15. The topological polar surface area (TPSA) is 38.7 Å². The van der Waals surface area contributed by atoms with E-state index in [2.05, 4.69) is 140 Å². The molecule has 0 aliphatic heterocycles. The third-order valence-corrected chi connectivity index (χ3v) is 9.09. The van der Waals surface area contributed by atoms with Gasteiger partial charge in [0.25, 0.3) is 0 Å². The van der Waals surface area contributed by atoms with Crippen LogP contribution in [0.15, 0.2) is 176 Å². The summed E-state index contributed by atoms with van der Waals surface area (Å²) in [5.41, 5.74) is 13.5. The van der Waals surface area contributed by atoms with Crippen LogP contribution in [0.1, 0.15) is 0 Å². The molecule has 0 atom stereocenters. The minimum absolute atomic E-state index is 0.868. The quantitative estimate of drug-likeness (QED) is 0.182. The maximum absolute atomic E-state index is 5.18. The van der Waals surface area contributed by atoms with E-state index in [-0.39, 0.29) is 0 Å². The van der Waals surface area contributed by atoms with E-state index in [4.69, 9.17) is 15.0 Å². The Morgan fingerprint density at radius 3 is 1.52 bits per heavy atom. The third kappa shape index (κ3) is 5.08. The molecule has 2 heterocycles. The minimum Gasteiger partial charge on any atom is -0.256 e. The van der Waals surface area contributed by atoms with E-state index in [1.54, 1.807) is 0 Å². The fourth-order valence-electron chi connectivity index (χ4n) is 6.62. The van der Waals surface area contributed by atoms with Crippen molar-refractivity contribution < 1.29 is 0 Å². The molecule has 0 saturated carbocycles. The lowest BCUT2D eigenvalue weighted by Crippen LogP contribution is -1.96.